The third kappa shape index (κ3) is 4.01. The van der Waals surface area contributed by atoms with Crippen LogP contribution in [0.25, 0.3) is 0 Å². The lowest BCUT2D eigenvalue weighted by molar-refractivity contribution is 0.208. The van der Waals surface area contributed by atoms with Crippen LogP contribution in [0, 0.1) is 20.8 Å². The van der Waals surface area contributed by atoms with E-state index in [0.717, 1.165) is 18.7 Å². The molecule has 0 spiro atoms. The van der Waals surface area contributed by atoms with Crippen molar-refractivity contribution >= 4 is 5.69 Å². The molecule has 2 aromatic carbocycles. The molecule has 0 amide bonds. The lowest BCUT2D eigenvalue weighted by Crippen LogP contribution is -2.26. The predicted octanol–water partition coefficient (Wildman–Crippen LogP) is 4.88. The van der Waals surface area contributed by atoms with E-state index in [1.54, 1.807) is 0 Å². The van der Waals surface area contributed by atoms with Crippen molar-refractivity contribution in [1.29, 1.82) is 0 Å². The Morgan fingerprint density at radius 3 is 2.14 bits per heavy atom. The first-order valence-corrected chi connectivity index (χ1v) is 7.64. The minimum absolute atomic E-state index is 0.171. The Morgan fingerprint density at radius 2 is 1.52 bits per heavy atom. The number of benzene rings is 2. The molecule has 0 aliphatic carbocycles. The van der Waals surface area contributed by atoms with Gasteiger partial charge in [-0.2, -0.15) is 0 Å². The summed E-state index contributed by atoms with van der Waals surface area (Å²) in [5, 5.41) is 3.55. The second kappa shape index (κ2) is 7.16. The maximum absolute atomic E-state index is 6.13. The molecule has 2 heteroatoms. The number of anilines is 1. The van der Waals surface area contributed by atoms with Gasteiger partial charge in [0.05, 0.1) is 6.54 Å². The third-order valence-electron chi connectivity index (χ3n) is 3.83. The van der Waals surface area contributed by atoms with E-state index in [4.69, 9.17) is 4.74 Å². The molecule has 2 aromatic rings. The van der Waals surface area contributed by atoms with E-state index >= 15 is 0 Å². The summed E-state index contributed by atoms with van der Waals surface area (Å²) in [5.74, 6) is 0.979. The minimum Gasteiger partial charge on any atom is -0.488 e. The first kappa shape index (κ1) is 15.4. The molecule has 0 bridgehead atoms. The van der Waals surface area contributed by atoms with Crippen LogP contribution in [0.1, 0.15) is 30.0 Å². The van der Waals surface area contributed by atoms with Crippen LogP contribution < -0.4 is 10.1 Å². The zero-order valence-electron chi connectivity index (χ0n) is 13.4. The molecule has 1 N–H and O–H groups in total. The number of nitrogens with one attached hydrogen (secondary N) is 1. The van der Waals surface area contributed by atoms with Crippen molar-refractivity contribution in [3.05, 3.63) is 59.2 Å². The summed E-state index contributed by atoms with van der Waals surface area (Å²) in [7, 11) is 0. The zero-order valence-corrected chi connectivity index (χ0v) is 13.4. The van der Waals surface area contributed by atoms with Crippen molar-refractivity contribution in [2.45, 2.75) is 40.2 Å². The average Bonchev–Trinajstić information content (AvgIpc) is 2.47. The molecule has 0 aliphatic rings. The first-order chi connectivity index (χ1) is 10.1. The standard InChI is InChI=1S/C19H25NO/c1-5-17(21-18-12-7-6-9-14(18)2)13-20-19-15(3)10-8-11-16(19)4/h6-12,17,20H,5,13H2,1-4H3. The fourth-order valence-corrected chi connectivity index (χ4v) is 2.45. The van der Waals surface area contributed by atoms with Gasteiger partial charge in [-0.15, -0.1) is 0 Å². The molecule has 1 unspecified atom stereocenters. The molecule has 1 atom stereocenters. The Kier molecular flexibility index (Phi) is 5.26. The summed E-state index contributed by atoms with van der Waals surface area (Å²) in [5.41, 5.74) is 4.97. The number of para-hydroxylation sites is 2. The van der Waals surface area contributed by atoms with E-state index in [0.29, 0.717) is 0 Å². The van der Waals surface area contributed by atoms with Gasteiger partial charge in [-0.1, -0.05) is 43.3 Å². The first-order valence-electron chi connectivity index (χ1n) is 7.64. The third-order valence-corrected chi connectivity index (χ3v) is 3.83. The summed E-state index contributed by atoms with van der Waals surface area (Å²) >= 11 is 0. The molecule has 0 aliphatic heterocycles. The molecule has 2 rings (SSSR count). The Hall–Kier alpha value is -1.96. The number of hydrogen-bond acceptors (Lipinski definition) is 2. The molecular weight excluding hydrogens is 258 g/mol. The molecule has 0 heterocycles. The Morgan fingerprint density at radius 1 is 0.905 bits per heavy atom. The SMILES string of the molecule is CCC(CNc1c(C)cccc1C)Oc1ccccc1C. The van der Waals surface area contributed by atoms with Gasteiger partial charge in [0.25, 0.3) is 0 Å². The minimum atomic E-state index is 0.171. The van der Waals surface area contributed by atoms with Crippen LogP contribution in [-0.4, -0.2) is 12.6 Å². The Bertz CT molecular complexity index is 572. The van der Waals surface area contributed by atoms with E-state index in [1.807, 2.05) is 18.2 Å². The lowest BCUT2D eigenvalue weighted by atomic mass is 10.1. The van der Waals surface area contributed by atoms with Gasteiger partial charge in [0.15, 0.2) is 0 Å². The van der Waals surface area contributed by atoms with E-state index < -0.39 is 0 Å². The Balaban J connectivity index is 2.02. The van der Waals surface area contributed by atoms with Gasteiger partial charge in [0, 0.05) is 5.69 Å². The summed E-state index contributed by atoms with van der Waals surface area (Å²) in [6.07, 6.45) is 1.15. The van der Waals surface area contributed by atoms with Gasteiger partial charge < -0.3 is 10.1 Å². The second-order valence-corrected chi connectivity index (χ2v) is 5.56. The molecule has 0 radical (unpaired) electrons. The predicted molar refractivity (Wildman–Crippen MR) is 90.3 cm³/mol. The van der Waals surface area contributed by atoms with Crippen molar-refractivity contribution in [2.24, 2.45) is 0 Å². The van der Waals surface area contributed by atoms with E-state index in [2.05, 4.69) is 57.3 Å². The average molecular weight is 283 g/mol. The van der Waals surface area contributed by atoms with Gasteiger partial charge in [0.2, 0.25) is 0 Å². The van der Waals surface area contributed by atoms with Crippen molar-refractivity contribution in [3.8, 4) is 5.75 Å². The Labute approximate surface area is 128 Å². The highest BCUT2D eigenvalue weighted by Gasteiger charge is 2.11. The number of hydrogen-bond donors (Lipinski definition) is 1. The normalized spacial score (nSPS) is 12.0. The monoisotopic (exact) mass is 283 g/mol. The number of rotatable bonds is 6. The van der Waals surface area contributed by atoms with Gasteiger partial charge in [-0.25, -0.2) is 0 Å². The van der Waals surface area contributed by atoms with Crippen LogP contribution in [0.4, 0.5) is 5.69 Å². The highest BCUT2D eigenvalue weighted by Crippen LogP contribution is 2.21. The van der Waals surface area contributed by atoms with Crippen LogP contribution in [0.5, 0.6) is 5.75 Å². The lowest BCUT2D eigenvalue weighted by Gasteiger charge is -2.21. The van der Waals surface area contributed by atoms with E-state index in [9.17, 15) is 0 Å². The van der Waals surface area contributed by atoms with E-state index in [1.165, 1.54) is 22.4 Å². The van der Waals surface area contributed by atoms with Crippen molar-refractivity contribution in [1.82, 2.24) is 0 Å². The highest BCUT2D eigenvalue weighted by molar-refractivity contribution is 5.56. The second-order valence-electron chi connectivity index (χ2n) is 5.56. The largest absolute Gasteiger partial charge is 0.488 e. The van der Waals surface area contributed by atoms with Crippen LogP contribution in [0.2, 0.25) is 0 Å². The van der Waals surface area contributed by atoms with Gasteiger partial charge in [0.1, 0.15) is 11.9 Å². The number of aryl methyl sites for hydroxylation is 3. The molecule has 0 aromatic heterocycles. The van der Waals surface area contributed by atoms with Crippen LogP contribution in [0.3, 0.4) is 0 Å². The summed E-state index contributed by atoms with van der Waals surface area (Å²) < 4.78 is 6.13. The molecule has 112 valence electrons. The van der Waals surface area contributed by atoms with Crippen LogP contribution in [-0.2, 0) is 0 Å². The van der Waals surface area contributed by atoms with Gasteiger partial charge in [-0.05, 0) is 49.9 Å². The summed E-state index contributed by atoms with van der Waals surface area (Å²) in [6.45, 7) is 9.34. The fourth-order valence-electron chi connectivity index (χ4n) is 2.45. The summed E-state index contributed by atoms with van der Waals surface area (Å²) in [4.78, 5) is 0. The van der Waals surface area contributed by atoms with E-state index in [-0.39, 0.29) is 6.10 Å². The van der Waals surface area contributed by atoms with Crippen LogP contribution in [0.15, 0.2) is 42.5 Å². The topological polar surface area (TPSA) is 21.3 Å². The molecular formula is C19H25NO. The highest BCUT2D eigenvalue weighted by atomic mass is 16.5. The fraction of sp³-hybridized carbons (Fsp3) is 0.368. The van der Waals surface area contributed by atoms with Crippen molar-refractivity contribution in [3.63, 3.8) is 0 Å². The van der Waals surface area contributed by atoms with Gasteiger partial charge >= 0.3 is 0 Å². The smallest absolute Gasteiger partial charge is 0.122 e. The molecule has 0 saturated heterocycles. The van der Waals surface area contributed by atoms with Crippen molar-refractivity contribution in [2.75, 3.05) is 11.9 Å². The molecule has 21 heavy (non-hydrogen) atoms. The summed E-state index contributed by atoms with van der Waals surface area (Å²) in [6, 6.07) is 14.6. The number of ether oxygens (including phenoxy) is 1. The van der Waals surface area contributed by atoms with Crippen molar-refractivity contribution < 1.29 is 4.74 Å². The maximum Gasteiger partial charge on any atom is 0.122 e. The quantitative estimate of drug-likeness (QED) is 0.815. The molecule has 2 nitrogen and oxygen atoms in total. The van der Waals surface area contributed by atoms with Crippen LogP contribution >= 0.6 is 0 Å². The molecule has 0 fully saturated rings. The zero-order chi connectivity index (χ0) is 15.2. The van der Waals surface area contributed by atoms with Gasteiger partial charge in [-0.3, -0.25) is 0 Å². The molecule has 0 saturated carbocycles. The maximum atomic E-state index is 6.13.